The average molecular weight is 217 g/mol. The van der Waals surface area contributed by atoms with Gasteiger partial charge in [0.05, 0.1) is 5.56 Å². The molecule has 15 heavy (non-hydrogen) atoms. The molecule has 0 aliphatic heterocycles. The summed E-state index contributed by atoms with van der Waals surface area (Å²) in [6, 6.07) is 4.10. The molecule has 1 aromatic rings. The molecule has 0 aliphatic carbocycles. The van der Waals surface area contributed by atoms with E-state index in [0.717, 1.165) is 6.07 Å². The Morgan fingerprint density at radius 3 is 2.33 bits per heavy atom. The molecule has 0 unspecified atom stereocenters. The van der Waals surface area contributed by atoms with Gasteiger partial charge in [0, 0.05) is 5.69 Å². The predicted octanol–water partition coefficient (Wildman–Crippen LogP) is 3.49. The van der Waals surface area contributed by atoms with Gasteiger partial charge in [0.15, 0.2) is 0 Å². The van der Waals surface area contributed by atoms with Crippen LogP contribution in [0, 0.1) is 5.92 Å². The summed E-state index contributed by atoms with van der Waals surface area (Å²) >= 11 is 0. The molecule has 0 fully saturated rings. The number of anilines is 1. The first-order valence-corrected chi connectivity index (χ1v) is 4.76. The number of hydrogen-bond donors (Lipinski definition) is 1. The quantitative estimate of drug-likeness (QED) is 0.754. The van der Waals surface area contributed by atoms with Gasteiger partial charge in [-0.15, -0.1) is 0 Å². The molecular formula is C11H14F3N. The van der Waals surface area contributed by atoms with Crippen LogP contribution in [-0.4, -0.2) is 0 Å². The lowest BCUT2D eigenvalue weighted by Crippen LogP contribution is -2.10. The summed E-state index contributed by atoms with van der Waals surface area (Å²) < 4.78 is 37.5. The SMILES string of the molecule is CC(C)Cc1ccc(N)c(C(F)(F)F)c1. The van der Waals surface area contributed by atoms with E-state index in [0.29, 0.717) is 17.9 Å². The van der Waals surface area contributed by atoms with Crippen molar-refractivity contribution in [2.75, 3.05) is 5.73 Å². The van der Waals surface area contributed by atoms with Crippen molar-refractivity contribution in [3.05, 3.63) is 29.3 Å². The lowest BCUT2D eigenvalue weighted by atomic mass is 10.00. The second-order valence-electron chi connectivity index (χ2n) is 4.02. The first kappa shape index (κ1) is 11.9. The standard InChI is InChI=1S/C11H14F3N/c1-7(2)5-8-3-4-10(15)9(6-8)11(12,13)14/h3-4,6-7H,5,15H2,1-2H3. The highest BCUT2D eigenvalue weighted by Gasteiger charge is 2.32. The smallest absolute Gasteiger partial charge is 0.398 e. The number of nitrogen functional groups attached to an aromatic ring is 1. The third-order valence-corrected chi connectivity index (χ3v) is 2.07. The van der Waals surface area contributed by atoms with Crippen molar-refractivity contribution in [3.63, 3.8) is 0 Å². The minimum Gasteiger partial charge on any atom is -0.398 e. The van der Waals surface area contributed by atoms with Gasteiger partial charge in [-0.3, -0.25) is 0 Å². The Balaban J connectivity index is 3.06. The molecule has 4 heteroatoms. The molecule has 0 saturated heterocycles. The van der Waals surface area contributed by atoms with Crippen LogP contribution in [0.1, 0.15) is 25.0 Å². The van der Waals surface area contributed by atoms with Gasteiger partial charge in [-0.25, -0.2) is 0 Å². The maximum absolute atomic E-state index is 12.5. The highest BCUT2D eigenvalue weighted by Crippen LogP contribution is 2.34. The molecule has 1 nitrogen and oxygen atoms in total. The molecule has 0 saturated carbocycles. The monoisotopic (exact) mass is 217 g/mol. The molecule has 0 heterocycles. The fraction of sp³-hybridized carbons (Fsp3) is 0.455. The molecule has 0 aliphatic rings. The first-order chi connectivity index (χ1) is 6.80. The molecule has 84 valence electrons. The molecule has 0 bridgehead atoms. The van der Waals surface area contributed by atoms with Crippen LogP contribution < -0.4 is 5.73 Å². The molecule has 0 radical (unpaired) electrons. The zero-order valence-electron chi connectivity index (χ0n) is 8.73. The second kappa shape index (κ2) is 4.13. The van der Waals surface area contributed by atoms with Crippen LogP contribution in [0.15, 0.2) is 18.2 Å². The van der Waals surface area contributed by atoms with Crippen LogP contribution in [0.4, 0.5) is 18.9 Å². The molecule has 1 rings (SSSR count). The Bertz CT molecular complexity index is 342. The van der Waals surface area contributed by atoms with Crippen molar-refractivity contribution in [2.45, 2.75) is 26.4 Å². The fourth-order valence-electron chi connectivity index (χ4n) is 1.45. The topological polar surface area (TPSA) is 26.0 Å². The summed E-state index contributed by atoms with van der Waals surface area (Å²) in [6.45, 7) is 3.92. The summed E-state index contributed by atoms with van der Waals surface area (Å²) in [5.74, 6) is 0.328. The first-order valence-electron chi connectivity index (χ1n) is 4.76. The van der Waals surface area contributed by atoms with E-state index in [2.05, 4.69) is 0 Å². The van der Waals surface area contributed by atoms with Gasteiger partial charge in [-0.05, 0) is 30.0 Å². The summed E-state index contributed by atoms with van der Waals surface area (Å²) in [6.07, 6.45) is -3.74. The largest absolute Gasteiger partial charge is 0.418 e. The Hall–Kier alpha value is -1.19. The minimum atomic E-state index is -4.36. The molecule has 2 N–H and O–H groups in total. The number of benzene rings is 1. The van der Waals surface area contributed by atoms with Crippen LogP contribution in [0.25, 0.3) is 0 Å². The van der Waals surface area contributed by atoms with Gasteiger partial charge in [0.1, 0.15) is 0 Å². The van der Waals surface area contributed by atoms with Crippen molar-refractivity contribution in [1.29, 1.82) is 0 Å². The van der Waals surface area contributed by atoms with E-state index in [1.165, 1.54) is 6.07 Å². The van der Waals surface area contributed by atoms with Crippen LogP contribution >= 0.6 is 0 Å². The Morgan fingerprint density at radius 2 is 1.87 bits per heavy atom. The number of rotatable bonds is 2. The Kier molecular flexibility index (Phi) is 3.27. The Morgan fingerprint density at radius 1 is 1.27 bits per heavy atom. The summed E-state index contributed by atoms with van der Waals surface area (Å²) in [5.41, 5.74) is 5.01. The van der Waals surface area contributed by atoms with Gasteiger partial charge in [-0.1, -0.05) is 19.9 Å². The number of alkyl halides is 3. The molecule has 1 aromatic carbocycles. The summed E-state index contributed by atoms with van der Waals surface area (Å²) in [7, 11) is 0. The maximum Gasteiger partial charge on any atom is 0.418 e. The normalized spacial score (nSPS) is 12.1. The average Bonchev–Trinajstić information content (AvgIpc) is 2.05. The van der Waals surface area contributed by atoms with Gasteiger partial charge in [-0.2, -0.15) is 13.2 Å². The third kappa shape index (κ3) is 3.15. The van der Waals surface area contributed by atoms with Gasteiger partial charge in [0.2, 0.25) is 0 Å². The third-order valence-electron chi connectivity index (χ3n) is 2.07. The highest BCUT2D eigenvalue weighted by molar-refractivity contribution is 5.50. The van der Waals surface area contributed by atoms with Gasteiger partial charge < -0.3 is 5.73 Å². The molecule has 0 aromatic heterocycles. The van der Waals surface area contributed by atoms with E-state index < -0.39 is 11.7 Å². The van der Waals surface area contributed by atoms with Crippen LogP contribution in [0.3, 0.4) is 0 Å². The van der Waals surface area contributed by atoms with Crippen LogP contribution in [0.2, 0.25) is 0 Å². The number of halogens is 3. The van der Waals surface area contributed by atoms with E-state index in [1.54, 1.807) is 6.07 Å². The molecule has 0 atom stereocenters. The minimum absolute atomic E-state index is 0.213. The molecule has 0 amide bonds. The lowest BCUT2D eigenvalue weighted by molar-refractivity contribution is -0.136. The fourth-order valence-corrected chi connectivity index (χ4v) is 1.45. The zero-order chi connectivity index (χ0) is 11.6. The molecule has 0 spiro atoms. The predicted molar refractivity (Wildman–Crippen MR) is 54.4 cm³/mol. The van der Waals surface area contributed by atoms with Gasteiger partial charge in [0.25, 0.3) is 0 Å². The van der Waals surface area contributed by atoms with Crippen molar-refractivity contribution >= 4 is 5.69 Å². The maximum atomic E-state index is 12.5. The highest BCUT2D eigenvalue weighted by atomic mass is 19.4. The lowest BCUT2D eigenvalue weighted by Gasteiger charge is -2.12. The second-order valence-corrected chi connectivity index (χ2v) is 4.02. The van der Waals surface area contributed by atoms with E-state index >= 15 is 0 Å². The summed E-state index contributed by atoms with van der Waals surface area (Å²) in [4.78, 5) is 0. The Labute approximate surface area is 87.1 Å². The van der Waals surface area contributed by atoms with E-state index in [9.17, 15) is 13.2 Å². The van der Waals surface area contributed by atoms with Crippen molar-refractivity contribution in [1.82, 2.24) is 0 Å². The zero-order valence-corrected chi connectivity index (χ0v) is 8.73. The van der Waals surface area contributed by atoms with Gasteiger partial charge >= 0.3 is 6.18 Å². The van der Waals surface area contributed by atoms with E-state index in [1.807, 2.05) is 13.8 Å². The van der Waals surface area contributed by atoms with Crippen LogP contribution in [0.5, 0.6) is 0 Å². The number of hydrogen-bond acceptors (Lipinski definition) is 1. The van der Waals surface area contributed by atoms with Crippen molar-refractivity contribution in [3.8, 4) is 0 Å². The van der Waals surface area contributed by atoms with Crippen molar-refractivity contribution < 1.29 is 13.2 Å². The summed E-state index contributed by atoms with van der Waals surface area (Å²) in [5, 5.41) is 0. The number of nitrogens with two attached hydrogens (primary N) is 1. The molecular weight excluding hydrogens is 203 g/mol. The van der Waals surface area contributed by atoms with Crippen molar-refractivity contribution in [2.24, 2.45) is 5.92 Å². The van der Waals surface area contributed by atoms with E-state index in [4.69, 9.17) is 5.73 Å². The van der Waals surface area contributed by atoms with Crippen LogP contribution in [-0.2, 0) is 12.6 Å². The van der Waals surface area contributed by atoms with E-state index in [-0.39, 0.29) is 5.69 Å².